The SMILES string of the molecule is Cc1cc(=O)c(C(=O)OCC(=O)NC(=O)NC2CCCC2)nn1-c1cccc(C(F)(F)F)c1. The van der Waals surface area contributed by atoms with Crippen LogP contribution in [0, 0.1) is 6.92 Å². The van der Waals surface area contributed by atoms with Crippen molar-refractivity contribution in [3.8, 4) is 5.69 Å². The summed E-state index contributed by atoms with van der Waals surface area (Å²) in [6.07, 6.45) is -1.00. The normalized spacial score (nSPS) is 14.1. The quantitative estimate of drug-likeness (QED) is 0.654. The van der Waals surface area contributed by atoms with Crippen molar-refractivity contribution in [2.24, 2.45) is 0 Å². The van der Waals surface area contributed by atoms with Gasteiger partial charge in [0, 0.05) is 17.8 Å². The van der Waals surface area contributed by atoms with Crippen LogP contribution in [-0.2, 0) is 15.7 Å². The lowest BCUT2D eigenvalue weighted by atomic mass is 10.2. The molecule has 33 heavy (non-hydrogen) atoms. The van der Waals surface area contributed by atoms with Crippen LogP contribution in [0.4, 0.5) is 18.0 Å². The number of hydrogen-bond donors (Lipinski definition) is 2. The Kier molecular flexibility index (Phi) is 7.14. The summed E-state index contributed by atoms with van der Waals surface area (Å²) in [5.74, 6) is -2.17. The Hall–Kier alpha value is -3.70. The van der Waals surface area contributed by atoms with Gasteiger partial charge in [-0.2, -0.15) is 18.3 Å². The minimum absolute atomic E-state index is 0.0218. The molecule has 0 bridgehead atoms. The molecule has 2 aromatic rings. The molecule has 3 rings (SSSR count). The number of amides is 3. The van der Waals surface area contributed by atoms with Gasteiger partial charge in [-0.3, -0.25) is 14.9 Å². The van der Waals surface area contributed by atoms with E-state index in [0.29, 0.717) is 0 Å². The lowest BCUT2D eigenvalue weighted by Gasteiger charge is -2.14. The first-order valence-corrected chi connectivity index (χ1v) is 10.1. The van der Waals surface area contributed by atoms with Crippen LogP contribution >= 0.6 is 0 Å². The number of hydrogen-bond acceptors (Lipinski definition) is 6. The van der Waals surface area contributed by atoms with E-state index < -0.39 is 47.4 Å². The molecule has 1 fully saturated rings. The highest BCUT2D eigenvalue weighted by Crippen LogP contribution is 2.30. The average molecular weight is 466 g/mol. The fraction of sp³-hybridized carbons (Fsp3) is 0.381. The second-order valence-corrected chi connectivity index (χ2v) is 7.54. The zero-order valence-electron chi connectivity index (χ0n) is 17.6. The van der Waals surface area contributed by atoms with E-state index in [4.69, 9.17) is 4.74 Å². The molecule has 0 spiro atoms. The Morgan fingerprint density at radius 1 is 1.18 bits per heavy atom. The van der Waals surface area contributed by atoms with Crippen molar-refractivity contribution in [2.75, 3.05) is 6.61 Å². The Bertz CT molecular complexity index is 1120. The maximum atomic E-state index is 13.0. The number of imide groups is 1. The van der Waals surface area contributed by atoms with Crippen molar-refractivity contribution in [3.63, 3.8) is 0 Å². The molecule has 1 aliphatic rings. The minimum Gasteiger partial charge on any atom is -0.451 e. The summed E-state index contributed by atoms with van der Waals surface area (Å²) in [4.78, 5) is 48.1. The number of carbonyl (C=O) groups excluding carboxylic acids is 3. The van der Waals surface area contributed by atoms with E-state index in [1.807, 2.05) is 5.32 Å². The Labute approximate surface area is 185 Å². The van der Waals surface area contributed by atoms with Crippen LogP contribution in [0.2, 0.25) is 0 Å². The number of carbonyl (C=O) groups is 3. The highest BCUT2D eigenvalue weighted by Gasteiger charge is 2.31. The van der Waals surface area contributed by atoms with Gasteiger partial charge in [0.1, 0.15) is 0 Å². The lowest BCUT2D eigenvalue weighted by molar-refractivity contribution is -0.137. The molecule has 0 atom stereocenters. The van der Waals surface area contributed by atoms with E-state index >= 15 is 0 Å². The second-order valence-electron chi connectivity index (χ2n) is 7.54. The maximum absolute atomic E-state index is 13.0. The number of urea groups is 1. The van der Waals surface area contributed by atoms with E-state index in [1.54, 1.807) is 0 Å². The number of rotatable bonds is 5. The second kappa shape index (κ2) is 9.84. The molecule has 1 aliphatic carbocycles. The molecule has 1 heterocycles. The van der Waals surface area contributed by atoms with E-state index in [-0.39, 0.29) is 17.4 Å². The number of aryl methyl sites for hydroxylation is 1. The molecule has 12 heteroatoms. The summed E-state index contributed by atoms with van der Waals surface area (Å²) < 4.78 is 44.8. The smallest absolute Gasteiger partial charge is 0.416 e. The summed E-state index contributed by atoms with van der Waals surface area (Å²) in [6.45, 7) is 0.579. The number of esters is 1. The molecule has 0 aliphatic heterocycles. The molecule has 0 saturated heterocycles. The van der Waals surface area contributed by atoms with Crippen molar-refractivity contribution >= 4 is 17.9 Å². The van der Waals surface area contributed by atoms with E-state index in [9.17, 15) is 32.3 Å². The number of halogens is 3. The van der Waals surface area contributed by atoms with Gasteiger partial charge in [-0.15, -0.1) is 0 Å². The van der Waals surface area contributed by atoms with Crippen LogP contribution in [0.15, 0.2) is 35.1 Å². The van der Waals surface area contributed by atoms with Gasteiger partial charge >= 0.3 is 18.2 Å². The van der Waals surface area contributed by atoms with Crippen LogP contribution < -0.4 is 16.1 Å². The third-order valence-electron chi connectivity index (χ3n) is 5.00. The predicted octanol–water partition coefficient (Wildman–Crippen LogP) is 2.48. The van der Waals surface area contributed by atoms with Crippen LogP contribution in [0.3, 0.4) is 0 Å². The van der Waals surface area contributed by atoms with Gasteiger partial charge < -0.3 is 10.1 Å². The van der Waals surface area contributed by atoms with Gasteiger partial charge in [0.05, 0.1) is 11.3 Å². The van der Waals surface area contributed by atoms with Gasteiger partial charge in [0.25, 0.3) is 5.91 Å². The van der Waals surface area contributed by atoms with E-state index in [1.165, 1.54) is 13.0 Å². The number of ether oxygens (including phenoxy) is 1. The molecule has 176 valence electrons. The highest BCUT2D eigenvalue weighted by atomic mass is 19.4. The monoisotopic (exact) mass is 466 g/mol. The van der Waals surface area contributed by atoms with Crippen LogP contribution in [-0.4, -0.2) is 40.3 Å². The molecule has 1 saturated carbocycles. The maximum Gasteiger partial charge on any atom is 0.416 e. The van der Waals surface area contributed by atoms with Crippen LogP contribution in [0.25, 0.3) is 5.69 Å². The molecule has 9 nitrogen and oxygen atoms in total. The third kappa shape index (κ3) is 6.18. The average Bonchev–Trinajstić information content (AvgIpc) is 3.24. The predicted molar refractivity (Wildman–Crippen MR) is 109 cm³/mol. The first kappa shape index (κ1) is 24.0. The number of nitrogens with zero attached hydrogens (tertiary/aromatic N) is 2. The summed E-state index contributed by atoms with van der Waals surface area (Å²) in [5, 5.41) is 8.47. The number of aromatic nitrogens is 2. The molecular weight excluding hydrogens is 445 g/mol. The summed E-state index contributed by atoms with van der Waals surface area (Å²) in [6, 6.07) is 4.45. The summed E-state index contributed by atoms with van der Waals surface area (Å²) in [7, 11) is 0. The molecule has 2 N–H and O–H groups in total. The van der Waals surface area contributed by atoms with Gasteiger partial charge in [0.2, 0.25) is 11.1 Å². The molecular formula is C21H21F3N4O5. The molecule has 3 amide bonds. The lowest BCUT2D eigenvalue weighted by Crippen LogP contribution is -2.45. The van der Waals surface area contributed by atoms with Gasteiger partial charge in [-0.25, -0.2) is 14.3 Å². The summed E-state index contributed by atoms with van der Waals surface area (Å²) in [5.41, 5.74) is -2.34. The van der Waals surface area contributed by atoms with Crippen molar-refractivity contribution in [1.82, 2.24) is 20.4 Å². The largest absolute Gasteiger partial charge is 0.451 e. The fourth-order valence-electron chi connectivity index (χ4n) is 3.42. The topological polar surface area (TPSA) is 119 Å². The van der Waals surface area contributed by atoms with Crippen molar-refractivity contribution < 1.29 is 32.3 Å². The van der Waals surface area contributed by atoms with Crippen molar-refractivity contribution in [3.05, 3.63) is 57.5 Å². The standard InChI is InChI=1S/C21H21F3N4O5/c1-12-9-16(29)18(27-28(12)15-8-4-5-13(10-15)21(22,23)24)19(31)33-11-17(30)26-20(32)25-14-6-2-3-7-14/h4-5,8-10,14H,2-3,6-7,11H2,1H3,(H2,25,26,30,32). The van der Waals surface area contributed by atoms with E-state index in [2.05, 4.69) is 10.4 Å². The highest BCUT2D eigenvalue weighted by molar-refractivity contribution is 5.96. The van der Waals surface area contributed by atoms with Crippen LogP contribution in [0.5, 0.6) is 0 Å². The van der Waals surface area contributed by atoms with Gasteiger partial charge in [-0.1, -0.05) is 18.9 Å². The third-order valence-corrected chi connectivity index (χ3v) is 5.00. The van der Waals surface area contributed by atoms with Crippen molar-refractivity contribution in [1.29, 1.82) is 0 Å². The zero-order valence-corrected chi connectivity index (χ0v) is 17.6. The van der Waals surface area contributed by atoms with Crippen molar-refractivity contribution in [2.45, 2.75) is 44.8 Å². The van der Waals surface area contributed by atoms with Gasteiger partial charge in [-0.05, 0) is 38.0 Å². The number of nitrogens with one attached hydrogen (secondary N) is 2. The molecule has 0 unspecified atom stereocenters. The first-order valence-electron chi connectivity index (χ1n) is 10.1. The minimum atomic E-state index is -4.60. The van der Waals surface area contributed by atoms with E-state index in [0.717, 1.165) is 54.6 Å². The Morgan fingerprint density at radius 3 is 2.55 bits per heavy atom. The summed E-state index contributed by atoms with van der Waals surface area (Å²) >= 11 is 0. The molecule has 0 radical (unpaired) electrons. The number of benzene rings is 1. The molecule has 1 aromatic heterocycles. The van der Waals surface area contributed by atoms with Gasteiger partial charge in [0.15, 0.2) is 6.61 Å². The first-order chi connectivity index (χ1) is 15.5. The number of alkyl halides is 3. The zero-order chi connectivity index (χ0) is 24.2. The Morgan fingerprint density at radius 2 is 1.88 bits per heavy atom. The molecule has 1 aromatic carbocycles. The van der Waals surface area contributed by atoms with Crippen LogP contribution in [0.1, 0.15) is 47.4 Å². The Balaban J connectivity index is 1.69. The fourth-order valence-corrected chi connectivity index (χ4v) is 3.42.